The molecule has 1 unspecified atom stereocenters. The van der Waals surface area contributed by atoms with Gasteiger partial charge < -0.3 is 9.84 Å². The molecule has 20 heavy (non-hydrogen) atoms. The highest BCUT2D eigenvalue weighted by atomic mass is 16.5. The van der Waals surface area contributed by atoms with Crippen molar-refractivity contribution >= 4 is 0 Å². The highest BCUT2D eigenvalue weighted by Crippen LogP contribution is 2.30. The van der Waals surface area contributed by atoms with Gasteiger partial charge in [-0.2, -0.15) is 0 Å². The number of hydrogen-bond acceptors (Lipinski definition) is 3. The molecule has 1 aliphatic carbocycles. The zero-order chi connectivity index (χ0) is 14.4. The fraction of sp³-hybridized carbons (Fsp3) is 0.529. The Bertz CT molecular complexity index is 429. The second-order valence-corrected chi connectivity index (χ2v) is 5.49. The molecule has 1 fully saturated rings. The van der Waals surface area contributed by atoms with Crippen LogP contribution in [0, 0.1) is 0 Å². The molecule has 1 aliphatic rings. The predicted molar refractivity (Wildman–Crippen MR) is 81.9 cm³/mol. The van der Waals surface area contributed by atoms with Crippen molar-refractivity contribution in [1.29, 1.82) is 0 Å². The Morgan fingerprint density at radius 1 is 1.45 bits per heavy atom. The van der Waals surface area contributed by atoms with Crippen LogP contribution in [0.25, 0.3) is 0 Å². The maximum Gasteiger partial charge on any atom is 0.123 e. The van der Waals surface area contributed by atoms with Crippen LogP contribution in [0.1, 0.15) is 31.2 Å². The maximum absolute atomic E-state index is 10.1. The molecule has 0 saturated heterocycles. The molecule has 0 aromatic heterocycles. The van der Waals surface area contributed by atoms with E-state index in [9.17, 15) is 5.11 Å². The molecule has 0 amide bonds. The van der Waals surface area contributed by atoms with Crippen molar-refractivity contribution in [2.75, 3.05) is 13.7 Å². The Morgan fingerprint density at radius 2 is 2.20 bits per heavy atom. The van der Waals surface area contributed by atoms with Crippen molar-refractivity contribution in [1.82, 2.24) is 4.90 Å². The SMILES string of the molecule is C=CCCC(O)CN(Cc1ccccc1OC)C1CC1. The molecule has 1 N–H and O–H groups in total. The number of aliphatic hydroxyl groups excluding tert-OH is 1. The molecular formula is C17H25NO2. The van der Waals surface area contributed by atoms with Gasteiger partial charge in [-0.1, -0.05) is 24.3 Å². The van der Waals surface area contributed by atoms with E-state index in [0.717, 1.165) is 31.7 Å². The number of hydrogen-bond donors (Lipinski definition) is 1. The van der Waals surface area contributed by atoms with Crippen LogP contribution in [-0.2, 0) is 6.54 Å². The third-order valence-electron chi connectivity index (χ3n) is 3.78. The largest absolute Gasteiger partial charge is 0.496 e. The monoisotopic (exact) mass is 275 g/mol. The van der Waals surface area contributed by atoms with Crippen molar-refractivity contribution in [3.05, 3.63) is 42.5 Å². The molecular weight excluding hydrogens is 250 g/mol. The number of nitrogens with zero attached hydrogens (tertiary/aromatic N) is 1. The van der Waals surface area contributed by atoms with Crippen LogP contribution in [0.4, 0.5) is 0 Å². The van der Waals surface area contributed by atoms with Crippen LogP contribution >= 0.6 is 0 Å². The van der Waals surface area contributed by atoms with Gasteiger partial charge in [0.15, 0.2) is 0 Å². The number of methoxy groups -OCH3 is 1. The third-order valence-corrected chi connectivity index (χ3v) is 3.78. The number of aliphatic hydroxyl groups is 1. The van der Waals surface area contributed by atoms with Crippen LogP contribution in [0.2, 0.25) is 0 Å². The molecule has 3 nitrogen and oxygen atoms in total. The van der Waals surface area contributed by atoms with Gasteiger partial charge in [-0.25, -0.2) is 0 Å². The second-order valence-electron chi connectivity index (χ2n) is 5.49. The highest BCUT2D eigenvalue weighted by molar-refractivity contribution is 5.33. The first-order valence-electron chi connectivity index (χ1n) is 7.39. The summed E-state index contributed by atoms with van der Waals surface area (Å²) >= 11 is 0. The topological polar surface area (TPSA) is 32.7 Å². The minimum Gasteiger partial charge on any atom is -0.496 e. The lowest BCUT2D eigenvalue weighted by molar-refractivity contribution is 0.0975. The molecule has 1 aromatic carbocycles. The van der Waals surface area contributed by atoms with Crippen molar-refractivity contribution in [3.63, 3.8) is 0 Å². The lowest BCUT2D eigenvalue weighted by Gasteiger charge is -2.25. The van der Waals surface area contributed by atoms with Gasteiger partial charge in [0.05, 0.1) is 13.2 Å². The first kappa shape index (κ1) is 15.1. The Labute approximate surface area is 121 Å². The molecule has 110 valence electrons. The van der Waals surface area contributed by atoms with Crippen molar-refractivity contribution < 1.29 is 9.84 Å². The Balaban J connectivity index is 1.96. The van der Waals surface area contributed by atoms with E-state index in [0.29, 0.717) is 6.04 Å². The number of para-hydroxylation sites is 1. The zero-order valence-electron chi connectivity index (χ0n) is 12.3. The first-order chi connectivity index (χ1) is 9.74. The molecule has 0 heterocycles. The smallest absolute Gasteiger partial charge is 0.123 e. The third kappa shape index (κ3) is 4.36. The summed E-state index contributed by atoms with van der Waals surface area (Å²) in [6.45, 7) is 5.29. The summed E-state index contributed by atoms with van der Waals surface area (Å²) in [4.78, 5) is 2.38. The van der Waals surface area contributed by atoms with Crippen LogP contribution in [0.15, 0.2) is 36.9 Å². The number of allylic oxidation sites excluding steroid dienone is 1. The molecule has 0 aliphatic heterocycles. The second kappa shape index (κ2) is 7.46. The molecule has 1 aromatic rings. The lowest BCUT2D eigenvalue weighted by atomic mass is 10.1. The zero-order valence-corrected chi connectivity index (χ0v) is 12.3. The fourth-order valence-corrected chi connectivity index (χ4v) is 2.51. The highest BCUT2D eigenvalue weighted by Gasteiger charge is 2.30. The fourth-order valence-electron chi connectivity index (χ4n) is 2.51. The quantitative estimate of drug-likeness (QED) is 0.703. The normalized spacial score (nSPS) is 16.1. The molecule has 0 spiro atoms. The predicted octanol–water partition coefficient (Wildman–Crippen LogP) is 2.99. The van der Waals surface area contributed by atoms with Gasteiger partial charge >= 0.3 is 0 Å². The van der Waals surface area contributed by atoms with Crippen LogP contribution < -0.4 is 4.74 Å². The van der Waals surface area contributed by atoms with E-state index in [1.807, 2.05) is 24.3 Å². The summed E-state index contributed by atoms with van der Waals surface area (Å²) in [6, 6.07) is 8.75. The Morgan fingerprint density at radius 3 is 2.85 bits per heavy atom. The Hall–Kier alpha value is -1.32. The lowest BCUT2D eigenvalue weighted by Crippen LogP contribution is -2.33. The standard InChI is InChI=1S/C17H25NO2/c1-3-4-8-16(19)13-18(15-10-11-15)12-14-7-5-6-9-17(14)20-2/h3,5-7,9,15-16,19H,1,4,8,10-13H2,2H3. The molecule has 3 heteroatoms. The molecule has 1 atom stereocenters. The van der Waals surface area contributed by atoms with Gasteiger partial charge in [-0.05, 0) is 31.7 Å². The van der Waals surface area contributed by atoms with E-state index >= 15 is 0 Å². The summed E-state index contributed by atoms with van der Waals surface area (Å²) < 4.78 is 5.41. The molecule has 1 saturated carbocycles. The molecule has 0 bridgehead atoms. The Kier molecular flexibility index (Phi) is 5.62. The van der Waals surface area contributed by atoms with E-state index in [4.69, 9.17) is 4.74 Å². The number of ether oxygens (including phenoxy) is 1. The van der Waals surface area contributed by atoms with E-state index in [1.165, 1.54) is 18.4 Å². The van der Waals surface area contributed by atoms with Gasteiger partial charge in [0, 0.05) is 24.7 Å². The molecule has 2 rings (SSSR count). The van der Waals surface area contributed by atoms with Crippen LogP contribution in [0.5, 0.6) is 5.75 Å². The van der Waals surface area contributed by atoms with Gasteiger partial charge in [-0.15, -0.1) is 6.58 Å². The summed E-state index contributed by atoms with van der Waals surface area (Å²) in [7, 11) is 1.71. The summed E-state index contributed by atoms with van der Waals surface area (Å²) in [5.74, 6) is 0.929. The van der Waals surface area contributed by atoms with Crippen molar-refractivity contribution in [3.8, 4) is 5.75 Å². The average molecular weight is 275 g/mol. The van der Waals surface area contributed by atoms with E-state index in [2.05, 4.69) is 17.5 Å². The molecule has 0 radical (unpaired) electrons. The van der Waals surface area contributed by atoms with Gasteiger partial charge in [0.1, 0.15) is 5.75 Å². The summed E-state index contributed by atoms with van der Waals surface area (Å²) in [5, 5.41) is 10.1. The van der Waals surface area contributed by atoms with Crippen LogP contribution in [-0.4, -0.2) is 35.8 Å². The van der Waals surface area contributed by atoms with Crippen molar-refractivity contribution in [2.45, 2.75) is 44.4 Å². The van der Waals surface area contributed by atoms with Crippen molar-refractivity contribution in [2.24, 2.45) is 0 Å². The minimum atomic E-state index is -0.275. The first-order valence-corrected chi connectivity index (χ1v) is 7.39. The van der Waals surface area contributed by atoms with Gasteiger partial charge in [0.25, 0.3) is 0 Å². The van der Waals surface area contributed by atoms with E-state index < -0.39 is 0 Å². The summed E-state index contributed by atoms with van der Waals surface area (Å²) in [5.41, 5.74) is 1.19. The van der Waals surface area contributed by atoms with E-state index in [1.54, 1.807) is 7.11 Å². The average Bonchev–Trinajstić information content (AvgIpc) is 3.29. The summed E-state index contributed by atoms with van der Waals surface area (Å²) in [6.07, 6.45) is 5.73. The van der Waals surface area contributed by atoms with Crippen LogP contribution in [0.3, 0.4) is 0 Å². The van der Waals surface area contributed by atoms with Gasteiger partial charge in [0.2, 0.25) is 0 Å². The van der Waals surface area contributed by atoms with E-state index in [-0.39, 0.29) is 6.10 Å². The number of rotatable bonds is 9. The van der Waals surface area contributed by atoms with Gasteiger partial charge in [-0.3, -0.25) is 4.90 Å². The minimum absolute atomic E-state index is 0.275. The number of benzene rings is 1. The maximum atomic E-state index is 10.1.